The van der Waals surface area contributed by atoms with Gasteiger partial charge < -0.3 is 8.98 Å². The number of hydrogen-bond donors (Lipinski definition) is 0. The maximum atomic E-state index is 6.88. The van der Waals surface area contributed by atoms with Gasteiger partial charge in [-0.15, -0.1) is 11.3 Å². The van der Waals surface area contributed by atoms with Gasteiger partial charge in [-0.25, -0.2) is 15.0 Å². The van der Waals surface area contributed by atoms with Gasteiger partial charge in [0.15, 0.2) is 23.1 Å². The van der Waals surface area contributed by atoms with Gasteiger partial charge in [0.25, 0.3) is 0 Å². The van der Waals surface area contributed by atoms with E-state index in [1.807, 2.05) is 72.0 Å². The van der Waals surface area contributed by atoms with Crippen molar-refractivity contribution in [2.24, 2.45) is 0 Å². The normalized spacial score (nSPS) is 11.9. The number of benzene rings is 7. The van der Waals surface area contributed by atoms with Gasteiger partial charge in [-0.05, 0) is 30.3 Å². The van der Waals surface area contributed by atoms with Crippen molar-refractivity contribution in [1.82, 2.24) is 19.5 Å². The first-order valence-electron chi connectivity index (χ1n) is 16.9. The van der Waals surface area contributed by atoms with E-state index in [0.29, 0.717) is 17.5 Å². The summed E-state index contributed by atoms with van der Waals surface area (Å²) in [4.78, 5) is 14.8. The molecule has 11 rings (SSSR count). The third-order valence-corrected chi connectivity index (χ3v) is 11.0. The zero-order valence-electron chi connectivity index (χ0n) is 27.1. The van der Waals surface area contributed by atoms with Gasteiger partial charge in [0.1, 0.15) is 5.58 Å². The van der Waals surface area contributed by atoms with Crippen molar-refractivity contribution in [2.75, 3.05) is 0 Å². The highest BCUT2D eigenvalue weighted by molar-refractivity contribution is 7.26. The molecule has 0 unspecified atom stereocenters. The lowest BCUT2D eigenvalue weighted by atomic mass is 10.1. The topological polar surface area (TPSA) is 56.7 Å². The van der Waals surface area contributed by atoms with Crippen LogP contribution in [0.5, 0.6) is 0 Å². The Hall–Kier alpha value is -6.63. The van der Waals surface area contributed by atoms with Gasteiger partial charge in [0.2, 0.25) is 0 Å². The number of nitrogens with zero attached hydrogens (tertiary/aromatic N) is 4. The summed E-state index contributed by atoms with van der Waals surface area (Å²) in [5.41, 5.74) is 7.73. The molecule has 6 heteroatoms. The van der Waals surface area contributed by atoms with Crippen molar-refractivity contribution in [3.05, 3.63) is 158 Å². The number of hydrogen-bond acceptors (Lipinski definition) is 5. The summed E-state index contributed by atoms with van der Waals surface area (Å²) in [5, 5.41) is 7.13. The molecule has 4 heterocycles. The smallest absolute Gasteiger partial charge is 0.164 e. The van der Waals surface area contributed by atoms with Crippen molar-refractivity contribution in [3.63, 3.8) is 0 Å². The standard InChI is InChI=1S/C45H26N4OS/c1-3-12-27(13-4-1)43-46-44(28-14-5-2-6-15-28)48-45(47-43)29-22-23-31-34-18-11-20-37(41(34)50-38(31)26-29)49-36-19-9-7-16-30(36)33-24-25-35-32-17-8-10-21-39(32)51-42(35)40(33)49/h1-26H. The molecule has 4 aromatic heterocycles. The molecule has 0 saturated carbocycles. The first-order valence-corrected chi connectivity index (χ1v) is 17.8. The van der Waals surface area contributed by atoms with Gasteiger partial charge >= 0.3 is 0 Å². The van der Waals surface area contributed by atoms with Crippen LogP contribution in [0, 0.1) is 0 Å². The summed E-state index contributed by atoms with van der Waals surface area (Å²) < 4.78 is 11.8. The second-order valence-electron chi connectivity index (χ2n) is 12.8. The summed E-state index contributed by atoms with van der Waals surface area (Å²) in [7, 11) is 0. The Balaban J connectivity index is 1.14. The number of para-hydroxylation sites is 2. The van der Waals surface area contributed by atoms with E-state index in [0.717, 1.165) is 49.8 Å². The predicted octanol–water partition coefficient (Wildman–Crippen LogP) is 12.2. The molecule has 0 N–H and O–H groups in total. The Morgan fingerprint density at radius 3 is 1.82 bits per heavy atom. The molecular formula is C45H26N4OS. The zero-order chi connectivity index (χ0) is 33.5. The van der Waals surface area contributed by atoms with Crippen LogP contribution in [0.1, 0.15) is 0 Å². The van der Waals surface area contributed by atoms with E-state index in [2.05, 4.69) is 102 Å². The number of aromatic nitrogens is 4. The molecule has 7 aromatic carbocycles. The van der Waals surface area contributed by atoms with Gasteiger partial charge in [0.05, 0.1) is 21.4 Å². The highest BCUT2D eigenvalue weighted by atomic mass is 32.1. The first kappa shape index (κ1) is 28.2. The van der Waals surface area contributed by atoms with Crippen molar-refractivity contribution in [1.29, 1.82) is 0 Å². The van der Waals surface area contributed by atoms with Crippen molar-refractivity contribution in [3.8, 4) is 39.9 Å². The van der Waals surface area contributed by atoms with Crippen LogP contribution in [0.4, 0.5) is 0 Å². The SMILES string of the molecule is c1ccc(-c2nc(-c3ccccc3)nc(-c3ccc4c(c3)oc3c(-n5c6ccccc6c6ccc7c8ccccc8sc7c65)cccc34)n2)cc1. The monoisotopic (exact) mass is 670 g/mol. The minimum Gasteiger partial charge on any atom is -0.454 e. The van der Waals surface area contributed by atoms with Gasteiger partial charge in [-0.2, -0.15) is 0 Å². The average molecular weight is 671 g/mol. The van der Waals surface area contributed by atoms with Crippen LogP contribution in [0.3, 0.4) is 0 Å². The average Bonchev–Trinajstić information content (AvgIpc) is 3.88. The molecule has 0 radical (unpaired) electrons. The molecule has 51 heavy (non-hydrogen) atoms. The molecule has 0 saturated heterocycles. The molecule has 0 fully saturated rings. The van der Waals surface area contributed by atoms with E-state index in [-0.39, 0.29) is 0 Å². The third kappa shape index (κ3) is 4.30. The highest BCUT2D eigenvalue weighted by Crippen LogP contribution is 2.44. The van der Waals surface area contributed by atoms with Crippen LogP contribution in [-0.2, 0) is 0 Å². The molecule has 0 spiro atoms. The maximum absolute atomic E-state index is 6.88. The lowest BCUT2D eigenvalue weighted by Gasteiger charge is -2.09. The van der Waals surface area contributed by atoms with Gasteiger partial charge in [-0.1, -0.05) is 127 Å². The zero-order valence-corrected chi connectivity index (χ0v) is 27.9. The Kier molecular flexibility index (Phi) is 6.05. The minimum absolute atomic E-state index is 0.597. The highest BCUT2D eigenvalue weighted by Gasteiger charge is 2.21. The van der Waals surface area contributed by atoms with Crippen molar-refractivity contribution in [2.45, 2.75) is 0 Å². The molecule has 11 aromatic rings. The minimum atomic E-state index is 0.597. The number of furan rings is 1. The summed E-state index contributed by atoms with van der Waals surface area (Å²) in [5.74, 6) is 1.86. The summed E-state index contributed by atoms with van der Waals surface area (Å²) in [6.07, 6.45) is 0. The molecule has 0 amide bonds. The first-order chi connectivity index (χ1) is 25.3. The Labute approximate surface area is 295 Å². The van der Waals surface area contributed by atoms with E-state index in [1.54, 1.807) is 0 Å². The van der Waals surface area contributed by atoms with Gasteiger partial charge in [0, 0.05) is 53.7 Å². The molecule has 0 aliphatic carbocycles. The molecule has 238 valence electrons. The number of thiophene rings is 1. The molecule has 0 aliphatic rings. The Morgan fingerprint density at radius 2 is 1.06 bits per heavy atom. The quantitative estimate of drug-likeness (QED) is 0.187. The largest absolute Gasteiger partial charge is 0.454 e. The fourth-order valence-electron chi connectivity index (χ4n) is 7.52. The second kappa shape index (κ2) is 10.9. The predicted molar refractivity (Wildman–Crippen MR) is 211 cm³/mol. The van der Waals surface area contributed by atoms with Crippen LogP contribution < -0.4 is 0 Å². The van der Waals surface area contributed by atoms with E-state index in [9.17, 15) is 0 Å². The number of fused-ring (bicyclic) bond motifs is 10. The molecule has 0 atom stereocenters. The van der Waals surface area contributed by atoms with Crippen molar-refractivity contribution < 1.29 is 4.42 Å². The Morgan fingerprint density at radius 1 is 0.451 bits per heavy atom. The summed E-state index contributed by atoms with van der Waals surface area (Å²) in [6, 6.07) is 54.8. The van der Waals surface area contributed by atoms with Crippen LogP contribution >= 0.6 is 11.3 Å². The molecule has 0 bridgehead atoms. The van der Waals surface area contributed by atoms with Crippen LogP contribution in [0.25, 0.3) is 104 Å². The van der Waals surface area contributed by atoms with Crippen LogP contribution in [0.15, 0.2) is 162 Å². The molecule has 5 nitrogen and oxygen atoms in total. The Bertz CT molecular complexity index is 3080. The fraction of sp³-hybridized carbons (Fsp3) is 0. The maximum Gasteiger partial charge on any atom is 0.164 e. The second-order valence-corrected chi connectivity index (χ2v) is 13.8. The van der Waals surface area contributed by atoms with E-state index < -0.39 is 0 Å². The van der Waals surface area contributed by atoms with Crippen LogP contribution in [-0.4, -0.2) is 19.5 Å². The molecular weight excluding hydrogens is 645 g/mol. The third-order valence-electron chi connectivity index (χ3n) is 9.86. The van der Waals surface area contributed by atoms with Crippen molar-refractivity contribution >= 4 is 75.3 Å². The van der Waals surface area contributed by atoms with E-state index >= 15 is 0 Å². The lowest BCUT2D eigenvalue weighted by molar-refractivity contribution is 0.666. The van der Waals surface area contributed by atoms with E-state index in [4.69, 9.17) is 19.4 Å². The fourth-order valence-corrected chi connectivity index (χ4v) is 8.76. The number of rotatable bonds is 4. The van der Waals surface area contributed by atoms with Gasteiger partial charge in [-0.3, -0.25) is 0 Å². The summed E-state index contributed by atoms with van der Waals surface area (Å²) >= 11 is 1.85. The molecule has 0 aliphatic heterocycles. The van der Waals surface area contributed by atoms with Crippen LogP contribution in [0.2, 0.25) is 0 Å². The lowest BCUT2D eigenvalue weighted by Crippen LogP contribution is -2.00. The summed E-state index contributed by atoms with van der Waals surface area (Å²) in [6.45, 7) is 0. The van der Waals surface area contributed by atoms with E-state index in [1.165, 1.54) is 36.5 Å².